The Bertz CT molecular complexity index is 783. The van der Waals surface area contributed by atoms with Gasteiger partial charge < -0.3 is 15.8 Å². The zero-order chi connectivity index (χ0) is 19.6. The van der Waals surface area contributed by atoms with Crippen LogP contribution >= 0.6 is 11.6 Å². The molecule has 0 radical (unpaired) electrons. The van der Waals surface area contributed by atoms with Gasteiger partial charge in [0, 0.05) is 12.5 Å². The van der Waals surface area contributed by atoms with Crippen LogP contribution in [0.15, 0.2) is 75.4 Å². The molecule has 0 spiro atoms. The lowest BCUT2D eigenvalue weighted by Gasteiger charge is -2.12. The van der Waals surface area contributed by atoms with Crippen LogP contribution in [0.25, 0.3) is 0 Å². The summed E-state index contributed by atoms with van der Waals surface area (Å²) in [6, 6.07) is 0. The quantitative estimate of drug-likeness (QED) is 0.607. The molecule has 6 heteroatoms. The second kappa shape index (κ2) is 10.6. The fourth-order valence-electron chi connectivity index (χ4n) is 2.61. The number of carbonyl (C=O) groups is 1. The first-order valence-corrected chi connectivity index (χ1v) is 9.45. The average Bonchev–Trinajstić information content (AvgIpc) is 2.97. The van der Waals surface area contributed by atoms with Crippen molar-refractivity contribution in [2.75, 3.05) is 7.11 Å². The first-order valence-electron chi connectivity index (χ1n) is 9.07. The maximum absolute atomic E-state index is 11.9. The summed E-state index contributed by atoms with van der Waals surface area (Å²) < 4.78 is 5.46. The molecule has 5 nitrogen and oxygen atoms in total. The van der Waals surface area contributed by atoms with E-state index in [1.165, 1.54) is 0 Å². The summed E-state index contributed by atoms with van der Waals surface area (Å²) in [6.45, 7) is 2.13. The Balaban J connectivity index is 2.41. The molecule has 0 saturated heterocycles. The zero-order valence-electron chi connectivity index (χ0n) is 15.8. The number of hydrogen-bond acceptors (Lipinski definition) is 4. The van der Waals surface area contributed by atoms with Gasteiger partial charge in [0.05, 0.1) is 34.9 Å². The van der Waals surface area contributed by atoms with Crippen molar-refractivity contribution in [3.8, 4) is 0 Å². The van der Waals surface area contributed by atoms with Gasteiger partial charge in [0.2, 0.25) is 5.91 Å². The topological polar surface area (TPSA) is 76.7 Å². The molecule has 0 saturated carbocycles. The molecule has 0 unspecified atom stereocenters. The van der Waals surface area contributed by atoms with Gasteiger partial charge in [0.1, 0.15) is 5.82 Å². The molecule has 2 rings (SSSR count). The fraction of sp³-hybridized carbons (Fsp3) is 0.333. The molecule has 0 aromatic heterocycles. The molecule has 27 heavy (non-hydrogen) atoms. The second-order valence-electron chi connectivity index (χ2n) is 6.18. The van der Waals surface area contributed by atoms with Crippen molar-refractivity contribution >= 4 is 23.2 Å². The maximum Gasteiger partial charge on any atom is 0.248 e. The minimum atomic E-state index is -0.515. The van der Waals surface area contributed by atoms with Crippen molar-refractivity contribution in [2.24, 2.45) is 10.7 Å². The SMILES string of the molecule is CCCC/C(=C\C1=NC(NC2=C(Cl)C=CCC=C2)=C(C(N)=O)CC=C1)OC. The van der Waals surface area contributed by atoms with Crippen molar-refractivity contribution in [3.05, 3.63) is 70.4 Å². The maximum atomic E-state index is 11.9. The van der Waals surface area contributed by atoms with Gasteiger partial charge in [-0.25, -0.2) is 4.99 Å². The van der Waals surface area contributed by atoms with Gasteiger partial charge in [-0.1, -0.05) is 43.2 Å². The van der Waals surface area contributed by atoms with E-state index < -0.39 is 5.91 Å². The zero-order valence-corrected chi connectivity index (χ0v) is 16.6. The highest BCUT2D eigenvalue weighted by Gasteiger charge is 2.16. The number of nitrogens with zero attached hydrogens (tertiary/aromatic N) is 1. The predicted molar refractivity (Wildman–Crippen MR) is 111 cm³/mol. The number of nitrogens with two attached hydrogens (primary N) is 1. The number of hydrogen-bond donors (Lipinski definition) is 2. The standard InChI is InChI=1S/C21H26ClN3O2/c1-3-4-10-16(27-2)14-15-9-8-11-17(20(23)26)21(24-15)25-19-13-7-5-6-12-18(19)22/h6-9,12-14,25H,3-5,10-11H2,1-2H3,(H2,23,26)/b16-14+. The molecule has 0 fully saturated rings. The number of rotatable bonds is 8. The number of carbonyl (C=O) groups excluding carboxylic acids is 1. The van der Waals surface area contributed by atoms with Gasteiger partial charge in [-0.05, 0) is 37.5 Å². The first-order chi connectivity index (χ1) is 13.0. The number of amides is 1. The van der Waals surface area contributed by atoms with Crippen LogP contribution in [0.3, 0.4) is 0 Å². The number of unbranched alkanes of at least 4 members (excludes halogenated alkanes) is 1. The van der Waals surface area contributed by atoms with Gasteiger partial charge in [-0.3, -0.25) is 4.79 Å². The van der Waals surface area contributed by atoms with Crippen molar-refractivity contribution in [3.63, 3.8) is 0 Å². The number of methoxy groups -OCH3 is 1. The highest BCUT2D eigenvalue weighted by molar-refractivity contribution is 6.31. The monoisotopic (exact) mass is 387 g/mol. The molecule has 2 aliphatic rings. The molecule has 0 aromatic rings. The number of allylic oxidation sites excluding steroid dienone is 9. The molecular formula is C21H26ClN3O2. The molecule has 0 aromatic carbocycles. The lowest BCUT2D eigenvalue weighted by molar-refractivity contribution is -0.114. The molecule has 0 bridgehead atoms. The third-order valence-corrected chi connectivity index (χ3v) is 4.44. The minimum Gasteiger partial charge on any atom is -0.501 e. The van der Waals surface area contributed by atoms with Crippen molar-refractivity contribution < 1.29 is 9.53 Å². The Kier molecular flexibility index (Phi) is 8.14. The molecule has 144 valence electrons. The molecule has 1 aliphatic carbocycles. The van der Waals surface area contributed by atoms with E-state index >= 15 is 0 Å². The van der Waals surface area contributed by atoms with Gasteiger partial charge in [-0.2, -0.15) is 0 Å². The molecule has 1 aliphatic heterocycles. The van der Waals surface area contributed by atoms with Crippen LogP contribution in [0.2, 0.25) is 0 Å². The summed E-state index contributed by atoms with van der Waals surface area (Å²) in [6.07, 6.45) is 17.4. The Morgan fingerprint density at radius 2 is 2.11 bits per heavy atom. The lowest BCUT2D eigenvalue weighted by atomic mass is 10.1. The largest absolute Gasteiger partial charge is 0.501 e. The van der Waals surface area contributed by atoms with Crippen LogP contribution in [-0.2, 0) is 9.53 Å². The number of halogens is 1. The smallest absolute Gasteiger partial charge is 0.248 e. The molecule has 3 N–H and O–H groups in total. The van der Waals surface area contributed by atoms with Crippen molar-refractivity contribution in [1.82, 2.24) is 5.32 Å². The average molecular weight is 388 g/mol. The molecule has 1 amide bonds. The van der Waals surface area contributed by atoms with Gasteiger partial charge in [0.15, 0.2) is 0 Å². The molecule has 0 atom stereocenters. The Morgan fingerprint density at radius 1 is 1.33 bits per heavy atom. The van der Waals surface area contributed by atoms with Gasteiger partial charge in [0.25, 0.3) is 0 Å². The molecular weight excluding hydrogens is 362 g/mol. The first kappa shape index (κ1) is 20.8. The van der Waals surface area contributed by atoms with Crippen molar-refractivity contribution in [2.45, 2.75) is 39.0 Å². The highest BCUT2D eigenvalue weighted by Crippen LogP contribution is 2.20. The van der Waals surface area contributed by atoms with E-state index in [2.05, 4.69) is 17.2 Å². The van der Waals surface area contributed by atoms with E-state index in [9.17, 15) is 4.79 Å². The van der Waals surface area contributed by atoms with Gasteiger partial charge in [-0.15, -0.1) is 0 Å². The van der Waals surface area contributed by atoms with Crippen molar-refractivity contribution in [1.29, 1.82) is 0 Å². The number of primary amides is 1. The van der Waals surface area contributed by atoms with Crippen LogP contribution in [0, 0.1) is 0 Å². The van der Waals surface area contributed by atoms with Crippen LogP contribution in [-0.4, -0.2) is 18.7 Å². The lowest BCUT2D eigenvalue weighted by Crippen LogP contribution is -2.21. The third kappa shape index (κ3) is 6.29. The summed E-state index contributed by atoms with van der Waals surface area (Å²) in [5.41, 5.74) is 7.34. The van der Waals surface area contributed by atoms with Crippen LogP contribution in [0.4, 0.5) is 0 Å². The summed E-state index contributed by atoms with van der Waals surface area (Å²) in [4.78, 5) is 16.6. The summed E-state index contributed by atoms with van der Waals surface area (Å²) in [7, 11) is 1.65. The van der Waals surface area contributed by atoms with Crippen LogP contribution < -0.4 is 11.1 Å². The van der Waals surface area contributed by atoms with E-state index in [4.69, 9.17) is 22.1 Å². The Morgan fingerprint density at radius 3 is 2.81 bits per heavy atom. The predicted octanol–water partition coefficient (Wildman–Crippen LogP) is 4.36. The van der Waals surface area contributed by atoms with Crippen LogP contribution in [0.5, 0.6) is 0 Å². The summed E-state index contributed by atoms with van der Waals surface area (Å²) in [5.74, 6) is 0.730. The Hall–Kier alpha value is -2.53. The summed E-state index contributed by atoms with van der Waals surface area (Å²) in [5, 5.41) is 3.72. The Labute approximate surface area is 165 Å². The van der Waals surface area contributed by atoms with E-state index in [0.717, 1.165) is 31.4 Å². The minimum absolute atomic E-state index is 0.389. The number of ether oxygens (including phenoxy) is 1. The normalized spacial score (nSPS) is 17.6. The van der Waals surface area contributed by atoms with E-state index in [0.29, 0.717) is 34.3 Å². The number of nitrogens with one attached hydrogen (secondary N) is 1. The van der Waals surface area contributed by atoms with Crippen LogP contribution in [0.1, 0.15) is 39.0 Å². The summed E-state index contributed by atoms with van der Waals surface area (Å²) >= 11 is 6.32. The van der Waals surface area contributed by atoms with E-state index in [1.54, 1.807) is 7.11 Å². The highest BCUT2D eigenvalue weighted by atomic mass is 35.5. The van der Waals surface area contributed by atoms with E-state index in [-0.39, 0.29) is 0 Å². The van der Waals surface area contributed by atoms with Gasteiger partial charge >= 0.3 is 0 Å². The fourth-order valence-corrected chi connectivity index (χ4v) is 2.81. The molecule has 1 heterocycles. The second-order valence-corrected chi connectivity index (χ2v) is 6.59. The number of aliphatic imine (C=N–C) groups is 1. The third-order valence-electron chi connectivity index (χ3n) is 4.11. The van der Waals surface area contributed by atoms with E-state index in [1.807, 2.05) is 42.5 Å².